The molecule has 0 aliphatic carbocycles. The van der Waals surface area contributed by atoms with Crippen LogP contribution >= 0.6 is 11.3 Å². The van der Waals surface area contributed by atoms with Crippen LogP contribution in [0.2, 0.25) is 0 Å². The van der Waals surface area contributed by atoms with Crippen LogP contribution in [0, 0.1) is 11.2 Å². The smallest absolute Gasteiger partial charge is 0.128 e. The standard InChI is InChI=1S/C12H11FNS/c1-14-8-10-9(4-2-5-11(10)13)12-6-3-7-15-12/h2-6,14H,8H2,1H3. The monoisotopic (exact) mass is 220 g/mol. The molecule has 3 heteroatoms. The Bertz CT molecular complexity index is 437. The third kappa shape index (κ3) is 2.08. The molecule has 15 heavy (non-hydrogen) atoms. The molecule has 1 nitrogen and oxygen atoms in total. The van der Waals surface area contributed by atoms with Crippen molar-refractivity contribution < 1.29 is 4.39 Å². The Labute approximate surface area is 92.6 Å². The fourth-order valence-corrected chi connectivity index (χ4v) is 2.23. The van der Waals surface area contributed by atoms with Crippen LogP contribution in [0.4, 0.5) is 4.39 Å². The van der Waals surface area contributed by atoms with Gasteiger partial charge in [0, 0.05) is 22.4 Å². The molecule has 1 heterocycles. The highest BCUT2D eigenvalue weighted by Gasteiger charge is 2.09. The number of rotatable bonds is 3. The Morgan fingerprint density at radius 3 is 2.93 bits per heavy atom. The molecule has 1 aromatic heterocycles. The number of benzene rings is 1. The quantitative estimate of drug-likeness (QED) is 0.838. The van der Waals surface area contributed by atoms with Crippen molar-refractivity contribution in [1.29, 1.82) is 0 Å². The van der Waals surface area contributed by atoms with Gasteiger partial charge in [0.1, 0.15) is 5.82 Å². The van der Waals surface area contributed by atoms with Crippen molar-refractivity contribution >= 4 is 11.3 Å². The van der Waals surface area contributed by atoms with Gasteiger partial charge in [-0.1, -0.05) is 12.1 Å². The molecule has 77 valence electrons. The Morgan fingerprint density at radius 1 is 1.40 bits per heavy atom. The number of nitrogens with one attached hydrogen (secondary N) is 1. The van der Waals surface area contributed by atoms with Gasteiger partial charge in [0.25, 0.3) is 0 Å². The van der Waals surface area contributed by atoms with Gasteiger partial charge in [0.05, 0.1) is 0 Å². The van der Waals surface area contributed by atoms with Gasteiger partial charge in [-0.15, -0.1) is 11.3 Å². The predicted molar refractivity (Wildman–Crippen MR) is 61.3 cm³/mol. The summed E-state index contributed by atoms with van der Waals surface area (Å²) in [6.45, 7) is 0.542. The minimum Gasteiger partial charge on any atom is -0.316 e. The first-order chi connectivity index (χ1) is 7.33. The van der Waals surface area contributed by atoms with Crippen LogP contribution in [0.3, 0.4) is 0 Å². The molecule has 1 aromatic carbocycles. The highest BCUT2D eigenvalue weighted by Crippen LogP contribution is 2.29. The fraction of sp³-hybridized carbons (Fsp3) is 0.167. The van der Waals surface area contributed by atoms with E-state index < -0.39 is 0 Å². The van der Waals surface area contributed by atoms with Gasteiger partial charge in [0.2, 0.25) is 0 Å². The average Bonchev–Trinajstić information content (AvgIpc) is 2.74. The highest BCUT2D eigenvalue weighted by atomic mass is 32.1. The molecule has 0 aliphatic heterocycles. The molecular weight excluding hydrogens is 209 g/mol. The van der Waals surface area contributed by atoms with Gasteiger partial charge in [-0.05, 0) is 30.8 Å². The first-order valence-corrected chi connectivity index (χ1v) is 5.53. The molecule has 0 unspecified atom stereocenters. The van der Waals surface area contributed by atoms with Crippen molar-refractivity contribution in [2.24, 2.45) is 0 Å². The van der Waals surface area contributed by atoms with Crippen molar-refractivity contribution in [3.63, 3.8) is 0 Å². The van der Waals surface area contributed by atoms with E-state index >= 15 is 0 Å². The van der Waals surface area contributed by atoms with Crippen LogP contribution in [0.1, 0.15) is 5.56 Å². The van der Waals surface area contributed by atoms with Crippen LogP contribution in [-0.4, -0.2) is 7.05 Å². The van der Waals surface area contributed by atoms with Gasteiger partial charge in [-0.25, -0.2) is 4.39 Å². The zero-order valence-corrected chi connectivity index (χ0v) is 9.20. The molecule has 2 rings (SSSR count). The van der Waals surface area contributed by atoms with Gasteiger partial charge < -0.3 is 5.32 Å². The van der Waals surface area contributed by atoms with Crippen molar-refractivity contribution in [3.8, 4) is 10.4 Å². The van der Waals surface area contributed by atoms with Crippen molar-refractivity contribution in [2.75, 3.05) is 7.05 Å². The summed E-state index contributed by atoms with van der Waals surface area (Å²) in [7, 11) is 1.82. The normalized spacial score (nSPS) is 10.5. The lowest BCUT2D eigenvalue weighted by Crippen LogP contribution is -2.08. The van der Waals surface area contributed by atoms with E-state index in [1.54, 1.807) is 6.07 Å². The van der Waals surface area contributed by atoms with Gasteiger partial charge in [-0.2, -0.15) is 0 Å². The third-order valence-corrected chi connectivity index (χ3v) is 3.04. The molecule has 2 aromatic rings. The van der Waals surface area contributed by atoms with E-state index in [0.717, 1.165) is 16.0 Å². The van der Waals surface area contributed by atoms with Crippen molar-refractivity contribution in [2.45, 2.75) is 6.54 Å². The summed E-state index contributed by atoms with van der Waals surface area (Å²) in [6.07, 6.45) is 0. The zero-order chi connectivity index (χ0) is 10.7. The molecule has 0 saturated carbocycles. The summed E-state index contributed by atoms with van der Waals surface area (Å²) in [5.41, 5.74) is 1.67. The zero-order valence-electron chi connectivity index (χ0n) is 8.38. The summed E-state index contributed by atoms with van der Waals surface area (Å²) in [5, 5.41) is 6.00. The first-order valence-electron chi connectivity index (χ1n) is 4.71. The van der Waals surface area contributed by atoms with Crippen molar-refractivity contribution in [1.82, 2.24) is 5.32 Å². The first kappa shape index (κ1) is 10.3. The molecule has 1 N–H and O–H groups in total. The van der Waals surface area contributed by atoms with E-state index in [-0.39, 0.29) is 5.82 Å². The van der Waals surface area contributed by atoms with Gasteiger partial charge >= 0.3 is 0 Å². The lowest BCUT2D eigenvalue weighted by atomic mass is 10.1. The highest BCUT2D eigenvalue weighted by molar-refractivity contribution is 7.13. The van der Waals surface area contributed by atoms with E-state index in [0.29, 0.717) is 6.54 Å². The Balaban J connectivity index is 2.51. The minimum absolute atomic E-state index is 0.157. The molecule has 0 fully saturated rings. The predicted octanol–water partition coefficient (Wildman–Crippen LogP) is 3.07. The third-order valence-electron chi connectivity index (χ3n) is 2.21. The molecule has 0 spiro atoms. The maximum absolute atomic E-state index is 13.6. The maximum Gasteiger partial charge on any atom is 0.128 e. The van der Waals surface area contributed by atoms with Crippen LogP contribution in [-0.2, 0) is 6.54 Å². The molecule has 0 saturated heterocycles. The summed E-state index contributed by atoms with van der Waals surface area (Å²) >= 11 is 1.51. The van der Waals surface area contributed by atoms with E-state index in [1.807, 2.05) is 25.2 Å². The summed E-state index contributed by atoms with van der Waals surface area (Å²) in [6, 6.07) is 8.99. The average molecular weight is 220 g/mol. The molecule has 1 radical (unpaired) electrons. The topological polar surface area (TPSA) is 12.0 Å². The number of halogens is 1. The van der Waals surface area contributed by atoms with E-state index in [9.17, 15) is 4.39 Å². The Hall–Kier alpha value is -1.19. The molecule has 0 amide bonds. The SMILES string of the molecule is CNCc1c(F)cccc1-c1cc[c]s1. The summed E-state index contributed by atoms with van der Waals surface area (Å²) in [5.74, 6) is -0.157. The maximum atomic E-state index is 13.6. The van der Waals surface area contributed by atoms with Crippen LogP contribution < -0.4 is 5.32 Å². The lowest BCUT2D eigenvalue weighted by molar-refractivity contribution is 0.602. The molecule has 0 aliphatic rings. The van der Waals surface area contributed by atoms with Crippen LogP contribution in [0.5, 0.6) is 0 Å². The van der Waals surface area contributed by atoms with Crippen molar-refractivity contribution in [3.05, 3.63) is 47.1 Å². The van der Waals surface area contributed by atoms with E-state index in [2.05, 4.69) is 10.7 Å². The second-order valence-electron chi connectivity index (χ2n) is 3.21. The van der Waals surface area contributed by atoms with Crippen LogP contribution in [0.15, 0.2) is 30.3 Å². The molecule has 0 bridgehead atoms. The number of hydrogen-bond donors (Lipinski definition) is 1. The largest absolute Gasteiger partial charge is 0.316 e. The Kier molecular flexibility index (Phi) is 3.14. The fourth-order valence-electron chi connectivity index (χ4n) is 1.53. The summed E-state index contributed by atoms with van der Waals surface area (Å²) < 4.78 is 13.6. The van der Waals surface area contributed by atoms with E-state index in [4.69, 9.17) is 0 Å². The van der Waals surface area contributed by atoms with E-state index in [1.165, 1.54) is 17.4 Å². The summed E-state index contributed by atoms with van der Waals surface area (Å²) in [4.78, 5) is 1.06. The Morgan fingerprint density at radius 2 is 2.27 bits per heavy atom. The number of hydrogen-bond acceptors (Lipinski definition) is 2. The van der Waals surface area contributed by atoms with Gasteiger partial charge in [0.15, 0.2) is 0 Å². The lowest BCUT2D eigenvalue weighted by Gasteiger charge is -2.08. The van der Waals surface area contributed by atoms with Gasteiger partial charge in [-0.3, -0.25) is 0 Å². The number of thiophene rings is 1. The van der Waals surface area contributed by atoms with Crippen LogP contribution in [0.25, 0.3) is 10.4 Å². The minimum atomic E-state index is -0.157. The second kappa shape index (κ2) is 4.55. The molecular formula is C12H11FNS. The second-order valence-corrected chi connectivity index (χ2v) is 4.09. The molecule has 0 atom stereocenters.